The molecular weight excluding hydrogens is 524 g/mol. The van der Waals surface area contributed by atoms with Crippen LogP contribution in [0.5, 0.6) is 17.2 Å². The van der Waals surface area contributed by atoms with Crippen LogP contribution in [0.25, 0.3) is 0 Å². The van der Waals surface area contributed by atoms with Crippen molar-refractivity contribution in [2.75, 3.05) is 44.2 Å². The van der Waals surface area contributed by atoms with Crippen LogP contribution in [-0.4, -0.2) is 72.5 Å². The zero-order valence-electron chi connectivity index (χ0n) is 23.5. The molecule has 3 aromatic rings. The number of urea groups is 1. The summed E-state index contributed by atoms with van der Waals surface area (Å²) >= 11 is 0. The monoisotopic (exact) mass is 560 g/mol. The van der Waals surface area contributed by atoms with E-state index in [1.807, 2.05) is 50.4 Å². The quantitative estimate of drug-likeness (QED) is 0.374. The van der Waals surface area contributed by atoms with Crippen molar-refractivity contribution in [2.24, 2.45) is 5.92 Å². The molecule has 3 amide bonds. The van der Waals surface area contributed by atoms with Gasteiger partial charge in [0.15, 0.2) is 11.5 Å². The molecule has 216 valence electrons. The Bertz CT molecular complexity index is 1380. The molecule has 10 nitrogen and oxygen atoms in total. The number of para-hydroxylation sites is 1. The van der Waals surface area contributed by atoms with Gasteiger partial charge in [-0.25, -0.2) is 4.79 Å². The smallest absolute Gasteiger partial charge is 0.323 e. The summed E-state index contributed by atoms with van der Waals surface area (Å²) in [5, 5.41) is 15.5. The van der Waals surface area contributed by atoms with Crippen LogP contribution in [0.3, 0.4) is 0 Å². The third-order valence-corrected chi connectivity index (χ3v) is 7.34. The number of rotatable bonds is 8. The molecule has 0 aliphatic carbocycles. The second-order valence-electron chi connectivity index (χ2n) is 10.7. The van der Waals surface area contributed by atoms with Crippen molar-refractivity contribution >= 4 is 23.3 Å². The van der Waals surface area contributed by atoms with Crippen LogP contribution < -0.4 is 24.8 Å². The summed E-state index contributed by atoms with van der Waals surface area (Å²) < 4.78 is 17.4. The molecule has 0 saturated carbocycles. The summed E-state index contributed by atoms with van der Waals surface area (Å²) in [5.74, 6) is 1.66. The first kappa shape index (κ1) is 28.3. The largest absolute Gasteiger partial charge is 0.488 e. The van der Waals surface area contributed by atoms with Gasteiger partial charge in [0.1, 0.15) is 11.9 Å². The number of aliphatic hydroxyl groups excluding tert-OH is 1. The minimum Gasteiger partial charge on any atom is -0.488 e. The van der Waals surface area contributed by atoms with Crippen LogP contribution in [0, 0.1) is 5.92 Å². The van der Waals surface area contributed by atoms with E-state index in [9.17, 15) is 14.7 Å². The number of hydrogen-bond acceptors (Lipinski definition) is 7. The highest BCUT2D eigenvalue weighted by Gasteiger charge is 2.33. The van der Waals surface area contributed by atoms with Crippen LogP contribution >= 0.6 is 0 Å². The van der Waals surface area contributed by atoms with Gasteiger partial charge in [0.2, 0.25) is 6.79 Å². The molecule has 2 heterocycles. The second-order valence-corrected chi connectivity index (χ2v) is 10.7. The third kappa shape index (κ3) is 6.72. The number of amides is 3. The highest BCUT2D eigenvalue weighted by atomic mass is 16.7. The van der Waals surface area contributed by atoms with Crippen LogP contribution in [0.4, 0.5) is 16.2 Å². The molecule has 0 radical (unpaired) electrons. The molecule has 2 aliphatic rings. The average molecular weight is 561 g/mol. The molecule has 41 heavy (non-hydrogen) atoms. The summed E-state index contributed by atoms with van der Waals surface area (Å²) in [5.41, 5.74) is 2.53. The predicted octanol–water partition coefficient (Wildman–Crippen LogP) is 4.41. The Morgan fingerprint density at radius 3 is 2.54 bits per heavy atom. The number of benzene rings is 3. The molecule has 5 rings (SSSR count). The number of fused-ring (bicyclic) bond motifs is 2. The fourth-order valence-electron chi connectivity index (χ4n) is 5.06. The summed E-state index contributed by atoms with van der Waals surface area (Å²) in [6, 6.07) is 19.3. The Morgan fingerprint density at radius 2 is 1.76 bits per heavy atom. The number of anilines is 2. The van der Waals surface area contributed by atoms with Crippen molar-refractivity contribution in [3.8, 4) is 17.2 Å². The van der Waals surface area contributed by atoms with Crippen LogP contribution in [0.2, 0.25) is 0 Å². The maximum atomic E-state index is 13.7. The second kappa shape index (κ2) is 12.5. The molecular formula is C31H36N4O6. The number of nitrogens with one attached hydrogen (secondary N) is 2. The van der Waals surface area contributed by atoms with Crippen molar-refractivity contribution < 1.29 is 28.9 Å². The van der Waals surface area contributed by atoms with Gasteiger partial charge in [0.05, 0.1) is 18.2 Å². The van der Waals surface area contributed by atoms with E-state index in [4.69, 9.17) is 14.2 Å². The predicted molar refractivity (Wildman–Crippen MR) is 156 cm³/mol. The van der Waals surface area contributed by atoms with E-state index in [1.54, 1.807) is 35.2 Å². The van der Waals surface area contributed by atoms with E-state index in [1.165, 1.54) is 0 Å². The van der Waals surface area contributed by atoms with E-state index < -0.39 is 6.03 Å². The van der Waals surface area contributed by atoms with Gasteiger partial charge in [-0.05, 0) is 62.0 Å². The summed E-state index contributed by atoms with van der Waals surface area (Å²) in [6.07, 6.45) is -0.241. The van der Waals surface area contributed by atoms with Crippen LogP contribution in [0.15, 0.2) is 66.7 Å². The SMILES string of the molecule is C[C@H](CO)N1C[C@H](C)[C@H](CN(C)Cc2ccc3c(c2)OCO3)Oc2ccc(NC(=O)Nc3ccccc3)cc2C1=O. The van der Waals surface area contributed by atoms with Gasteiger partial charge in [-0.3, -0.25) is 9.69 Å². The lowest BCUT2D eigenvalue weighted by atomic mass is 9.99. The first-order chi connectivity index (χ1) is 19.8. The van der Waals surface area contributed by atoms with Crippen LogP contribution in [0.1, 0.15) is 29.8 Å². The Labute approximate surface area is 239 Å². The molecule has 0 bridgehead atoms. The lowest BCUT2D eigenvalue weighted by Gasteiger charge is -2.38. The van der Waals surface area contributed by atoms with E-state index in [0.29, 0.717) is 42.3 Å². The standard InChI is InChI=1S/C31H36N4O6/c1-20-15-35(21(2)18-36)30(37)25-14-24(33-31(38)32-23-7-5-4-6-8-23)10-12-26(25)41-29(20)17-34(3)16-22-9-11-27-28(13-22)40-19-39-27/h4-14,20-21,29,36H,15-19H2,1-3H3,(H2,32,33,38)/t20-,21+,29-/m0/s1. The number of ether oxygens (including phenoxy) is 3. The molecule has 3 N–H and O–H groups in total. The van der Waals surface area contributed by atoms with Crippen LogP contribution in [-0.2, 0) is 6.54 Å². The molecule has 3 atom stereocenters. The van der Waals surface area contributed by atoms with Gasteiger partial charge < -0.3 is 34.9 Å². The third-order valence-electron chi connectivity index (χ3n) is 7.34. The maximum absolute atomic E-state index is 13.7. The molecule has 0 fully saturated rings. The average Bonchev–Trinajstić information content (AvgIpc) is 3.43. The molecule has 0 spiro atoms. The maximum Gasteiger partial charge on any atom is 0.323 e. The molecule has 0 unspecified atom stereocenters. The summed E-state index contributed by atoms with van der Waals surface area (Å²) in [6.45, 7) is 5.63. The lowest BCUT2D eigenvalue weighted by molar-refractivity contribution is 0.0341. The first-order valence-corrected chi connectivity index (χ1v) is 13.7. The fraction of sp³-hybridized carbons (Fsp3) is 0.355. The zero-order chi connectivity index (χ0) is 28.9. The van der Waals surface area contributed by atoms with E-state index in [2.05, 4.69) is 22.5 Å². The fourth-order valence-corrected chi connectivity index (χ4v) is 5.06. The van der Waals surface area contributed by atoms with Gasteiger partial charge in [0.25, 0.3) is 5.91 Å². The van der Waals surface area contributed by atoms with Crippen molar-refractivity contribution in [3.63, 3.8) is 0 Å². The topological polar surface area (TPSA) is 113 Å². The normalized spacial score (nSPS) is 18.7. The zero-order valence-corrected chi connectivity index (χ0v) is 23.5. The molecule has 0 aromatic heterocycles. The van der Waals surface area contributed by atoms with Gasteiger partial charge in [-0.15, -0.1) is 0 Å². The van der Waals surface area contributed by atoms with Gasteiger partial charge in [-0.2, -0.15) is 0 Å². The highest BCUT2D eigenvalue weighted by Crippen LogP contribution is 2.33. The minimum atomic E-state index is -0.424. The molecule has 3 aromatic carbocycles. The number of likely N-dealkylation sites (N-methyl/N-ethyl adjacent to an activating group) is 1. The molecule has 2 aliphatic heterocycles. The van der Waals surface area contributed by atoms with E-state index in [-0.39, 0.29) is 37.4 Å². The summed E-state index contributed by atoms with van der Waals surface area (Å²) in [4.78, 5) is 30.2. The highest BCUT2D eigenvalue weighted by molar-refractivity contribution is 6.02. The lowest BCUT2D eigenvalue weighted by Crippen LogP contribution is -2.49. The number of hydrogen-bond donors (Lipinski definition) is 3. The van der Waals surface area contributed by atoms with E-state index >= 15 is 0 Å². The minimum absolute atomic E-state index is 0.0187. The number of carbonyl (C=O) groups is 2. The number of aliphatic hydroxyl groups is 1. The van der Waals surface area contributed by atoms with Crippen molar-refractivity contribution in [1.29, 1.82) is 0 Å². The summed E-state index contributed by atoms with van der Waals surface area (Å²) in [7, 11) is 2.03. The number of nitrogens with zero attached hydrogens (tertiary/aromatic N) is 2. The Morgan fingerprint density at radius 1 is 1.02 bits per heavy atom. The van der Waals surface area contributed by atoms with Gasteiger partial charge in [-0.1, -0.05) is 31.2 Å². The Hall–Kier alpha value is -4.28. The first-order valence-electron chi connectivity index (χ1n) is 13.7. The Balaban J connectivity index is 1.35. The van der Waals surface area contributed by atoms with Gasteiger partial charge in [0, 0.05) is 36.9 Å². The van der Waals surface area contributed by atoms with E-state index in [0.717, 1.165) is 17.1 Å². The Kier molecular flexibility index (Phi) is 8.61. The molecule has 0 saturated heterocycles. The molecule has 10 heteroatoms. The van der Waals surface area contributed by atoms with Crippen molar-refractivity contribution in [2.45, 2.75) is 32.5 Å². The number of carbonyl (C=O) groups excluding carboxylic acids is 2. The van der Waals surface area contributed by atoms with Gasteiger partial charge >= 0.3 is 6.03 Å². The van der Waals surface area contributed by atoms with Crippen molar-refractivity contribution in [1.82, 2.24) is 9.80 Å². The van der Waals surface area contributed by atoms with Crippen molar-refractivity contribution in [3.05, 3.63) is 77.9 Å².